The minimum absolute atomic E-state index is 0.348. The highest BCUT2D eigenvalue weighted by Gasteiger charge is 2.12. The van der Waals surface area contributed by atoms with E-state index in [1.165, 1.54) is 0 Å². The number of pyridine rings is 1. The lowest BCUT2D eigenvalue weighted by Crippen LogP contribution is -2.45. The molecule has 2 N–H and O–H groups in total. The van der Waals surface area contributed by atoms with Crippen molar-refractivity contribution in [1.82, 2.24) is 10.3 Å². The first-order chi connectivity index (χ1) is 8.38. The topological polar surface area (TPSA) is 55.4 Å². The molecule has 1 aromatic rings. The van der Waals surface area contributed by atoms with Crippen molar-refractivity contribution < 1.29 is 9.47 Å². The molecule has 2 rings (SSSR count). The summed E-state index contributed by atoms with van der Waals surface area (Å²) in [4.78, 5) is 4.34. The van der Waals surface area contributed by atoms with E-state index in [4.69, 9.17) is 9.47 Å². The number of ether oxygens (including phenoxy) is 2. The number of rotatable bonds is 5. The van der Waals surface area contributed by atoms with Crippen LogP contribution in [0.2, 0.25) is 0 Å². The predicted molar refractivity (Wildman–Crippen MR) is 66.5 cm³/mol. The monoisotopic (exact) mass is 237 g/mol. The quantitative estimate of drug-likeness (QED) is 0.796. The Kier molecular flexibility index (Phi) is 4.58. The van der Waals surface area contributed by atoms with Gasteiger partial charge in [0.1, 0.15) is 5.82 Å². The summed E-state index contributed by atoms with van der Waals surface area (Å²) < 4.78 is 10.7. The molecule has 1 aromatic heterocycles. The van der Waals surface area contributed by atoms with Gasteiger partial charge in [-0.05, 0) is 13.0 Å². The summed E-state index contributed by atoms with van der Waals surface area (Å²) in [5, 5.41) is 6.66. The molecule has 0 bridgehead atoms. The Morgan fingerprint density at radius 2 is 2.53 bits per heavy atom. The van der Waals surface area contributed by atoms with E-state index in [0.29, 0.717) is 18.5 Å². The molecule has 0 saturated carbocycles. The third-order valence-corrected chi connectivity index (χ3v) is 2.54. The first kappa shape index (κ1) is 12.1. The van der Waals surface area contributed by atoms with Gasteiger partial charge < -0.3 is 20.1 Å². The highest BCUT2D eigenvalue weighted by molar-refractivity contribution is 5.37. The van der Waals surface area contributed by atoms with Crippen LogP contribution in [0, 0.1) is 0 Å². The van der Waals surface area contributed by atoms with Crippen molar-refractivity contribution >= 4 is 5.82 Å². The molecule has 1 aliphatic rings. The molecule has 0 aromatic carbocycles. The van der Waals surface area contributed by atoms with E-state index in [0.717, 1.165) is 32.1 Å². The molecule has 0 spiro atoms. The zero-order valence-corrected chi connectivity index (χ0v) is 10.1. The number of morpholine rings is 1. The van der Waals surface area contributed by atoms with Crippen LogP contribution < -0.4 is 15.4 Å². The number of anilines is 1. The molecule has 2 heterocycles. The van der Waals surface area contributed by atoms with E-state index in [1.807, 2.05) is 25.1 Å². The first-order valence-electron chi connectivity index (χ1n) is 6.03. The Morgan fingerprint density at radius 3 is 3.29 bits per heavy atom. The van der Waals surface area contributed by atoms with Crippen molar-refractivity contribution in [2.75, 3.05) is 38.2 Å². The van der Waals surface area contributed by atoms with Crippen molar-refractivity contribution in [2.45, 2.75) is 13.0 Å². The van der Waals surface area contributed by atoms with E-state index in [1.54, 1.807) is 0 Å². The molecule has 1 aliphatic heterocycles. The standard InChI is InChI=1S/C12H19N3O2/c1-2-17-12-5-3-4-11(15-12)14-8-10-9-16-7-6-13-10/h3-5,10,13H,2,6-9H2,1H3,(H,14,15). The molecule has 0 radical (unpaired) electrons. The molecule has 5 nitrogen and oxygen atoms in total. The van der Waals surface area contributed by atoms with Crippen LogP contribution in [0.4, 0.5) is 5.82 Å². The van der Waals surface area contributed by atoms with Crippen LogP contribution in [0.15, 0.2) is 18.2 Å². The van der Waals surface area contributed by atoms with Crippen molar-refractivity contribution in [3.63, 3.8) is 0 Å². The Labute approximate surface area is 102 Å². The van der Waals surface area contributed by atoms with Crippen molar-refractivity contribution in [3.05, 3.63) is 18.2 Å². The number of hydrogen-bond donors (Lipinski definition) is 2. The van der Waals surface area contributed by atoms with E-state index >= 15 is 0 Å². The molecular formula is C12H19N3O2. The molecule has 1 atom stereocenters. The van der Waals surface area contributed by atoms with E-state index < -0.39 is 0 Å². The predicted octanol–water partition coefficient (Wildman–Crippen LogP) is 0.881. The zero-order valence-electron chi connectivity index (χ0n) is 10.1. The molecule has 5 heteroatoms. The summed E-state index contributed by atoms with van der Waals surface area (Å²) in [6.07, 6.45) is 0. The third-order valence-electron chi connectivity index (χ3n) is 2.54. The van der Waals surface area contributed by atoms with Gasteiger partial charge >= 0.3 is 0 Å². The van der Waals surface area contributed by atoms with Crippen LogP contribution in [0.5, 0.6) is 5.88 Å². The van der Waals surface area contributed by atoms with Crippen molar-refractivity contribution in [2.24, 2.45) is 0 Å². The minimum Gasteiger partial charge on any atom is -0.478 e. The van der Waals surface area contributed by atoms with Crippen molar-refractivity contribution in [1.29, 1.82) is 0 Å². The molecule has 1 fully saturated rings. The first-order valence-corrected chi connectivity index (χ1v) is 6.03. The normalized spacial score (nSPS) is 19.9. The maximum absolute atomic E-state index is 5.39. The molecule has 0 aliphatic carbocycles. The van der Waals surface area contributed by atoms with Gasteiger partial charge in [-0.2, -0.15) is 4.98 Å². The summed E-state index contributed by atoms with van der Waals surface area (Å²) in [5.41, 5.74) is 0. The number of hydrogen-bond acceptors (Lipinski definition) is 5. The second-order valence-electron chi connectivity index (χ2n) is 3.90. The highest BCUT2D eigenvalue weighted by Crippen LogP contribution is 2.11. The van der Waals surface area contributed by atoms with Gasteiger partial charge in [0.2, 0.25) is 5.88 Å². The van der Waals surface area contributed by atoms with E-state index in [-0.39, 0.29) is 0 Å². The van der Waals surface area contributed by atoms with Crippen molar-refractivity contribution in [3.8, 4) is 5.88 Å². The van der Waals surface area contributed by atoms with Crippen LogP contribution in [-0.2, 0) is 4.74 Å². The minimum atomic E-state index is 0.348. The van der Waals surface area contributed by atoms with E-state index in [9.17, 15) is 0 Å². The second-order valence-corrected chi connectivity index (χ2v) is 3.90. The van der Waals surface area contributed by atoms with Gasteiger partial charge in [-0.25, -0.2) is 0 Å². The molecule has 17 heavy (non-hydrogen) atoms. The molecule has 0 amide bonds. The smallest absolute Gasteiger partial charge is 0.215 e. The SMILES string of the molecule is CCOc1cccc(NCC2COCCN2)n1. The fraction of sp³-hybridized carbons (Fsp3) is 0.583. The lowest BCUT2D eigenvalue weighted by molar-refractivity contribution is 0.0806. The molecule has 1 saturated heterocycles. The fourth-order valence-corrected chi connectivity index (χ4v) is 1.72. The Hall–Kier alpha value is -1.33. The number of nitrogens with one attached hydrogen (secondary N) is 2. The van der Waals surface area contributed by atoms with Crippen LogP contribution in [0.1, 0.15) is 6.92 Å². The summed E-state index contributed by atoms with van der Waals surface area (Å²) in [6, 6.07) is 6.08. The molecule has 1 unspecified atom stereocenters. The molecular weight excluding hydrogens is 218 g/mol. The van der Waals surface area contributed by atoms with Crippen LogP contribution in [0.3, 0.4) is 0 Å². The lowest BCUT2D eigenvalue weighted by Gasteiger charge is -2.24. The Bertz CT molecular complexity index is 340. The lowest BCUT2D eigenvalue weighted by atomic mass is 10.3. The van der Waals surface area contributed by atoms with Gasteiger partial charge in [0, 0.05) is 25.2 Å². The van der Waals surface area contributed by atoms with Gasteiger partial charge in [0.15, 0.2) is 0 Å². The highest BCUT2D eigenvalue weighted by atomic mass is 16.5. The number of nitrogens with zero attached hydrogens (tertiary/aromatic N) is 1. The summed E-state index contributed by atoms with van der Waals surface area (Å²) in [7, 11) is 0. The average molecular weight is 237 g/mol. The third kappa shape index (κ3) is 3.87. The average Bonchev–Trinajstić information content (AvgIpc) is 2.39. The van der Waals surface area contributed by atoms with Gasteiger partial charge in [0.05, 0.1) is 19.8 Å². The van der Waals surface area contributed by atoms with Gasteiger partial charge in [-0.15, -0.1) is 0 Å². The largest absolute Gasteiger partial charge is 0.478 e. The van der Waals surface area contributed by atoms with Crippen LogP contribution >= 0.6 is 0 Å². The number of aromatic nitrogens is 1. The summed E-state index contributed by atoms with van der Waals surface area (Å²) in [5.74, 6) is 1.49. The van der Waals surface area contributed by atoms with Gasteiger partial charge in [0.25, 0.3) is 0 Å². The van der Waals surface area contributed by atoms with Crippen LogP contribution in [-0.4, -0.2) is 43.9 Å². The van der Waals surface area contributed by atoms with Gasteiger partial charge in [-0.1, -0.05) is 6.07 Å². The maximum atomic E-state index is 5.39. The van der Waals surface area contributed by atoms with E-state index in [2.05, 4.69) is 15.6 Å². The molecule has 94 valence electrons. The Balaban J connectivity index is 1.83. The summed E-state index contributed by atoms with van der Waals surface area (Å²) >= 11 is 0. The zero-order chi connectivity index (χ0) is 11.9. The maximum Gasteiger partial charge on any atom is 0.215 e. The summed E-state index contributed by atoms with van der Waals surface area (Å²) in [6.45, 7) is 5.85. The second kappa shape index (κ2) is 6.42. The van der Waals surface area contributed by atoms with Gasteiger partial charge in [-0.3, -0.25) is 0 Å². The fourth-order valence-electron chi connectivity index (χ4n) is 1.72. The van der Waals surface area contributed by atoms with Crippen LogP contribution in [0.25, 0.3) is 0 Å². The Morgan fingerprint density at radius 1 is 1.59 bits per heavy atom.